The summed E-state index contributed by atoms with van der Waals surface area (Å²) >= 11 is 0. The topological polar surface area (TPSA) is 19.0 Å². The summed E-state index contributed by atoms with van der Waals surface area (Å²) in [7, 11) is 0. The largest absolute Gasteiger partial charge is 0.361 e. The summed E-state index contributed by atoms with van der Waals surface area (Å²) in [5, 5.41) is 1.33. The highest BCUT2D eigenvalue weighted by Gasteiger charge is 2.13. The van der Waals surface area contributed by atoms with Gasteiger partial charge in [-0.2, -0.15) is 0 Å². The Morgan fingerprint density at radius 3 is 2.48 bits per heavy atom. The van der Waals surface area contributed by atoms with Gasteiger partial charge in [0.25, 0.3) is 0 Å². The smallest absolute Gasteiger partial charge is 0.0456 e. The average molecular weight is 337 g/mol. The number of hydrogen-bond donors (Lipinski definition) is 1. The first kappa shape index (κ1) is 20.6. The van der Waals surface area contributed by atoms with Gasteiger partial charge in [0.15, 0.2) is 0 Å². The van der Waals surface area contributed by atoms with E-state index in [0.717, 1.165) is 25.0 Å². The molecule has 2 heteroatoms. The maximum absolute atomic E-state index is 4.13. The van der Waals surface area contributed by atoms with Crippen molar-refractivity contribution in [3.8, 4) is 0 Å². The molecule has 0 saturated carbocycles. The minimum absolute atomic E-state index is 1.00. The molecule has 0 spiro atoms. The van der Waals surface area contributed by atoms with E-state index in [9.17, 15) is 0 Å². The third kappa shape index (κ3) is 4.99. The van der Waals surface area contributed by atoms with Crippen molar-refractivity contribution in [2.75, 3.05) is 6.54 Å². The second-order valence-electron chi connectivity index (χ2n) is 5.62. The van der Waals surface area contributed by atoms with Gasteiger partial charge in [-0.15, -0.1) is 13.2 Å². The lowest BCUT2D eigenvalue weighted by molar-refractivity contribution is 0.460. The van der Waals surface area contributed by atoms with E-state index in [4.69, 9.17) is 0 Å². The lowest BCUT2D eigenvalue weighted by Gasteiger charge is -2.27. The Bertz CT molecular complexity index is 746. The molecule has 134 valence electrons. The molecule has 1 aromatic carbocycles. The first-order valence-corrected chi connectivity index (χ1v) is 9.09. The van der Waals surface area contributed by atoms with E-state index < -0.39 is 0 Å². The maximum Gasteiger partial charge on any atom is 0.0456 e. The molecule has 0 fully saturated rings. The van der Waals surface area contributed by atoms with Crippen LogP contribution in [0.15, 0.2) is 79.3 Å². The summed E-state index contributed by atoms with van der Waals surface area (Å²) in [4.78, 5) is 5.69. The molecule has 1 aliphatic heterocycles. The Morgan fingerprint density at radius 2 is 1.80 bits per heavy atom. The molecular formula is C23H32N2. The summed E-state index contributed by atoms with van der Waals surface area (Å²) in [6, 6.07) is 8.49. The van der Waals surface area contributed by atoms with Gasteiger partial charge < -0.3 is 9.88 Å². The van der Waals surface area contributed by atoms with E-state index in [1.54, 1.807) is 0 Å². The Balaban J connectivity index is 0.000000730. The highest BCUT2D eigenvalue weighted by Crippen LogP contribution is 2.25. The van der Waals surface area contributed by atoms with Crippen molar-refractivity contribution in [2.24, 2.45) is 0 Å². The zero-order valence-corrected chi connectivity index (χ0v) is 16.2. The molecule has 2 aromatic rings. The Kier molecular flexibility index (Phi) is 8.55. The van der Waals surface area contributed by atoms with E-state index in [1.165, 1.54) is 27.7 Å². The fourth-order valence-electron chi connectivity index (χ4n) is 2.94. The Hall–Kier alpha value is -2.48. The summed E-state index contributed by atoms with van der Waals surface area (Å²) < 4.78 is 0. The van der Waals surface area contributed by atoms with Crippen LogP contribution >= 0.6 is 0 Å². The number of allylic oxidation sites excluding steroid dienone is 4. The minimum atomic E-state index is 1.00. The van der Waals surface area contributed by atoms with Crippen LogP contribution in [0.25, 0.3) is 10.9 Å². The third-order valence-electron chi connectivity index (χ3n) is 4.24. The number of nitrogens with zero attached hydrogens (tertiary/aromatic N) is 1. The van der Waals surface area contributed by atoms with Crippen LogP contribution in [-0.2, 0) is 6.42 Å². The first-order chi connectivity index (χ1) is 12.2. The van der Waals surface area contributed by atoms with Crippen LogP contribution in [-0.4, -0.2) is 16.4 Å². The molecule has 0 unspecified atom stereocenters. The van der Waals surface area contributed by atoms with Gasteiger partial charge in [0.1, 0.15) is 0 Å². The van der Waals surface area contributed by atoms with Gasteiger partial charge in [0, 0.05) is 35.5 Å². The van der Waals surface area contributed by atoms with Gasteiger partial charge >= 0.3 is 0 Å². The lowest BCUT2D eigenvalue weighted by Crippen LogP contribution is -2.21. The third-order valence-corrected chi connectivity index (χ3v) is 4.24. The van der Waals surface area contributed by atoms with Crippen LogP contribution < -0.4 is 0 Å². The normalized spacial score (nSPS) is 13.3. The quantitative estimate of drug-likeness (QED) is 0.622. The molecule has 0 aliphatic carbocycles. The predicted octanol–water partition coefficient (Wildman–Crippen LogP) is 6.61. The van der Waals surface area contributed by atoms with Crippen LogP contribution in [0.5, 0.6) is 0 Å². The number of fused-ring (bicyclic) bond motifs is 1. The van der Waals surface area contributed by atoms with E-state index in [0.29, 0.717) is 0 Å². The molecule has 0 saturated heterocycles. The fourth-order valence-corrected chi connectivity index (χ4v) is 2.94. The number of aromatic amines is 1. The zero-order valence-electron chi connectivity index (χ0n) is 16.2. The highest BCUT2D eigenvalue weighted by atomic mass is 15.1. The second kappa shape index (κ2) is 10.4. The number of H-pyrrole nitrogens is 1. The van der Waals surface area contributed by atoms with Gasteiger partial charge in [0.2, 0.25) is 0 Å². The van der Waals surface area contributed by atoms with Crippen molar-refractivity contribution in [2.45, 2.75) is 40.5 Å². The van der Waals surface area contributed by atoms with Crippen molar-refractivity contribution in [1.29, 1.82) is 0 Å². The van der Waals surface area contributed by atoms with E-state index in [1.807, 2.05) is 13.8 Å². The van der Waals surface area contributed by atoms with Gasteiger partial charge in [-0.25, -0.2) is 0 Å². The average Bonchev–Trinajstić information content (AvgIpc) is 3.08. The molecule has 0 bridgehead atoms. The van der Waals surface area contributed by atoms with E-state index in [2.05, 4.69) is 86.2 Å². The number of benzene rings is 1. The first-order valence-electron chi connectivity index (χ1n) is 9.09. The van der Waals surface area contributed by atoms with Crippen molar-refractivity contribution in [3.63, 3.8) is 0 Å². The predicted molar refractivity (Wildman–Crippen MR) is 113 cm³/mol. The number of hydrogen-bond acceptors (Lipinski definition) is 1. The van der Waals surface area contributed by atoms with Gasteiger partial charge in [-0.1, -0.05) is 45.5 Å². The van der Waals surface area contributed by atoms with Crippen LogP contribution in [0.3, 0.4) is 0 Å². The molecule has 2 heterocycles. The molecule has 3 rings (SSSR count). The number of aromatic nitrogens is 1. The van der Waals surface area contributed by atoms with Crippen LogP contribution in [0.1, 0.15) is 39.7 Å². The standard InChI is InChI=1S/C19H22N2.C2H6.C2H4/c1-4-16-13-21(15(3)11-14(16)2)10-9-17-12-20-19-8-6-5-7-18(17)19;2*1-2/h5-8,11-13,20H,2,4,9-10H2,1,3H3;1-2H3;1-2H2. The fraction of sp³-hybridized carbons (Fsp3) is 0.304. The van der Waals surface area contributed by atoms with Gasteiger partial charge in [-0.05, 0) is 48.6 Å². The van der Waals surface area contributed by atoms with Gasteiger partial charge in [-0.3, -0.25) is 0 Å². The van der Waals surface area contributed by atoms with E-state index >= 15 is 0 Å². The molecule has 25 heavy (non-hydrogen) atoms. The van der Waals surface area contributed by atoms with Gasteiger partial charge in [0.05, 0.1) is 0 Å². The molecule has 1 aliphatic rings. The summed E-state index contributed by atoms with van der Waals surface area (Å²) in [6.07, 6.45) is 8.65. The van der Waals surface area contributed by atoms with Crippen LogP contribution in [0.2, 0.25) is 0 Å². The Morgan fingerprint density at radius 1 is 1.12 bits per heavy atom. The number of para-hydroxylation sites is 1. The molecular weight excluding hydrogens is 304 g/mol. The molecule has 1 aromatic heterocycles. The van der Waals surface area contributed by atoms with Crippen molar-refractivity contribution < 1.29 is 0 Å². The van der Waals surface area contributed by atoms with Crippen molar-refractivity contribution in [3.05, 3.63) is 84.9 Å². The number of rotatable bonds is 4. The van der Waals surface area contributed by atoms with Crippen LogP contribution in [0.4, 0.5) is 0 Å². The summed E-state index contributed by atoms with van der Waals surface area (Å²) in [5.74, 6) is 0. The zero-order chi connectivity index (χ0) is 18.8. The Labute approximate surface area is 153 Å². The summed E-state index contributed by atoms with van der Waals surface area (Å²) in [5.41, 5.74) is 6.36. The van der Waals surface area contributed by atoms with Crippen molar-refractivity contribution >= 4 is 10.9 Å². The minimum Gasteiger partial charge on any atom is -0.361 e. The highest BCUT2D eigenvalue weighted by molar-refractivity contribution is 5.83. The SMILES string of the molecule is C=C.C=C1C=C(C)N(CCc2c[nH]c3ccccc23)C=C1CC.CC. The molecule has 1 N–H and O–H groups in total. The molecule has 2 nitrogen and oxygen atoms in total. The molecule has 0 amide bonds. The molecule has 0 atom stereocenters. The van der Waals surface area contributed by atoms with Crippen LogP contribution in [0, 0.1) is 0 Å². The maximum atomic E-state index is 4.13. The monoisotopic (exact) mass is 336 g/mol. The number of nitrogens with one attached hydrogen (secondary N) is 1. The lowest BCUT2D eigenvalue weighted by atomic mass is 10.0. The summed E-state index contributed by atoms with van der Waals surface area (Å²) in [6.45, 7) is 19.5. The van der Waals surface area contributed by atoms with Crippen molar-refractivity contribution in [1.82, 2.24) is 9.88 Å². The van der Waals surface area contributed by atoms with E-state index in [-0.39, 0.29) is 0 Å². The second-order valence-corrected chi connectivity index (χ2v) is 5.62. The molecule has 0 radical (unpaired) electrons.